The SMILES string of the molecule is CC(O)CC(C)Nc1cc(C(=O)O)cc(C(C)(C)C)n1. The first-order valence-corrected chi connectivity index (χ1v) is 6.80. The molecule has 2 unspecified atom stereocenters. The summed E-state index contributed by atoms with van der Waals surface area (Å²) in [6.45, 7) is 9.62. The van der Waals surface area contributed by atoms with E-state index in [4.69, 9.17) is 0 Å². The molecule has 0 saturated carbocycles. The zero-order chi connectivity index (χ0) is 15.5. The second kappa shape index (κ2) is 6.22. The summed E-state index contributed by atoms with van der Waals surface area (Å²) in [4.78, 5) is 15.7. The molecule has 20 heavy (non-hydrogen) atoms. The van der Waals surface area contributed by atoms with Crippen LogP contribution in [0.5, 0.6) is 0 Å². The van der Waals surface area contributed by atoms with E-state index >= 15 is 0 Å². The number of nitrogens with one attached hydrogen (secondary N) is 1. The third kappa shape index (κ3) is 4.81. The Morgan fingerprint density at radius 3 is 2.40 bits per heavy atom. The number of carbonyl (C=O) groups is 1. The van der Waals surface area contributed by atoms with Gasteiger partial charge in [-0.15, -0.1) is 0 Å². The van der Waals surface area contributed by atoms with Gasteiger partial charge in [-0.1, -0.05) is 20.8 Å². The molecular weight excluding hydrogens is 256 g/mol. The molecule has 1 aromatic heterocycles. The summed E-state index contributed by atoms with van der Waals surface area (Å²) in [7, 11) is 0. The monoisotopic (exact) mass is 280 g/mol. The lowest BCUT2D eigenvalue weighted by Crippen LogP contribution is -2.23. The minimum atomic E-state index is -0.968. The molecular formula is C15H24N2O3. The average Bonchev–Trinajstić information content (AvgIpc) is 2.25. The number of hydrogen-bond acceptors (Lipinski definition) is 4. The number of aliphatic hydroxyl groups excluding tert-OH is 1. The quantitative estimate of drug-likeness (QED) is 0.772. The van der Waals surface area contributed by atoms with Crippen molar-refractivity contribution < 1.29 is 15.0 Å². The number of pyridine rings is 1. The molecule has 0 radical (unpaired) electrons. The van der Waals surface area contributed by atoms with Crippen molar-refractivity contribution in [1.82, 2.24) is 4.98 Å². The molecule has 0 fully saturated rings. The van der Waals surface area contributed by atoms with E-state index in [2.05, 4.69) is 10.3 Å². The number of nitrogens with zero attached hydrogens (tertiary/aromatic N) is 1. The van der Waals surface area contributed by atoms with Crippen LogP contribution in [0.4, 0.5) is 5.82 Å². The number of aromatic carboxylic acids is 1. The molecule has 1 rings (SSSR count). The highest BCUT2D eigenvalue weighted by atomic mass is 16.4. The van der Waals surface area contributed by atoms with E-state index in [1.165, 1.54) is 6.07 Å². The first-order valence-electron chi connectivity index (χ1n) is 6.80. The van der Waals surface area contributed by atoms with Crippen molar-refractivity contribution in [3.8, 4) is 0 Å². The number of aromatic nitrogens is 1. The highest BCUT2D eigenvalue weighted by Crippen LogP contribution is 2.24. The first kappa shape index (κ1) is 16.4. The summed E-state index contributed by atoms with van der Waals surface area (Å²) in [6, 6.07) is 3.14. The van der Waals surface area contributed by atoms with Crippen molar-refractivity contribution in [2.24, 2.45) is 0 Å². The topological polar surface area (TPSA) is 82.5 Å². The van der Waals surface area contributed by atoms with Crippen LogP contribution in [-0.4, -0.2) is 33.3 Å². The summed E-state index contributed by atoms with van der Waals surface area (Å²) < 4.78 is 0. The predicted molar refractivity (Wildman–Crippen MR) is 79.3 cm³/mol. The maximum Gasteiger partial charge on any atom is 0.335 e. The molecule has 5 nitrogen and oxygen atoms in total. The molecule has 0 spiro atoms. The Balaban J connectivity index is 3.07. The Morgan fingerprint density at radius 2 is 1.95 bits per heavy atom. The molecule has 5 heteroatoms. The fourth-order valence-electron chi connectivity index (χ4n) is 1.94. The minimum absolute atomic E-state index is 0.0133. The standard InChI is InChI=1S/C15H24N2O3/c1-9(6-10(2)18)16-13-8-11(14(19)20)7-12(17-13)15(3,4)5/h7-10,18H,6H2,1-5H3,(H,16,17)(H,19,20). The fraction of sp³-hybridized carbons (Fsp3) is 0.600. The lowest BCUT2D eigenvalue weighted by Gasteiger charge is -2.21. The predicted octanol–water partition coefficient (Wildman–Crippen LogP) is 2.65. The van der Waals surface area contributed by atoms with Crippen LogP contribution in [0.3, 0.4) is 0 Å². The summed E-state index contributed by atoms with van der Waals surface area (Å²) >= 11 is 0. The molecule has 1 aromatic rings. The Morgan fingerprint density at radius 1 is 1.35 bits per heavy atom. The molecule has 0 aliphatic rings. The van der Waals surface area contributed by atoms with Crippen LogP contribution in [-0.2, 0) is 5.41 Å². The highest BCUT2D eigenvalue weighted by molar-refractivity contribution is 5.88. The second-order valence-corrected chi connectivity index (χ2v) is 6.31. The van der Waals surface area contributed by atoms with Crippen LogP contribution >= 0.6 is 0 Å². The lowest BCUT2D eigenvalue weighted by atomic mass is 9.90. The third-order valence-corrected chi connectivity index (χ3v) is 2.93. The highest BCUT2D eigenvalue weighted by Gasteiger charge is 2.19. The zero-order valence-corrected chi connectivity index (χ0v) is 12.8. The van der Waals surface area contributed by atoms with E-state index in [-0.39, 0.29) is 17.0 Å². The van der Waals surface area contributed by atoms with Crippen LogP contribution in [0.15, 0.2) is 12.1 Å². The van der Waals surface area contributed by atoms with E-state index < -0.39 is 12.1 Å². The van der Waals surface area contributed by atoms with Crippen LogP contribution < -0.4 is 5.32 Å². The number of aliphatic hydroxyl groups is 1. The fourth-order valence-corrected chi connectivity index (χ4v) is 1.94. The van der Waals surface area contributed by atoms with E-state index in [1.807, 2.05) is 27.7 Å². The van der Waals surface area contributed by atoms with Gasteiger partial charge in [0.05, 0.1) is 11.7 Å². The number of carboxylic acid groups (broad SMARTS) is 1. The summed E-state index contributed by atoms with van der Waals surface area (Å²) in [5.74, 6) is -0.438. The molecule has 3 N–H and O–H groups in total. The summed E-state index contributed by atoms with van der Waals surface area (Å²) in [5.41, 5.74) is 0.718. The maximum absolute atomic E-state index is 11.2. The van der Waals surface area contributed by atoms with Crippen LogP contribution in [0.25, 0.3) is 0 Å². The van der Waals surface area contributed by atoms with Gasteiger partial charge < -0.3 is 15.5 Å². The van der Waals surface area contributed by atoms with Crippen molar-refractivity contribution in [3.05, 3.63) is 23.4 Å². The smallest absolute Gasteiger partial charge is 0.335 e. The van der Waals surface area contributed by atoms with E-state index in [0.717, 1.165) is 5.69 Å². The van der Waals surface area contributed by atoms with E-state index in [1.54, 1.807) is 13.0 Å². The van der Waals surface area contributed by atoms with Crippen LogP contribution in [0.2, 0.25) is 0 Å². The van der Waals surface area contributed by atoms with Gasteiger partial charge in [0.2, 0.25) is 0 Å². The van der Waals surface area contributed by atoms with Crippen LogP contribution in [0, 0.1) is 0 Å². The second-order valence-electron chi connectivity index (χ2n) is 6.31. The summed E-state index contributed by atoms with van der Waals surface area (Å²) in [5, 5.41) is 21.7. The number of anilines is 1. The number of rotatable bonds is 5. The minimum Gasteiger partial charge on any atom is -0.478 e. The van der Waals surface area contributed by atoms with Gasteiger partial charge in [-0.25, -0.2) is 9.78 Å². The Bertz CT molecular complexity index is 478. The first-order chi connectivity index (χ1) is 9.09. The maximum atomic E-state index is 11.2. The lowest BCUT2D eigenvalue weighted by molar-refractivity contribution is 0.0696. The third-order valence-electron chi connectivity index (χ3n) is 2.93. The van der Waals surface area contributed by atoms with Gasteiger partial charge in [-0.2, -0.15) is 0 Å². The molecule has 0 amide bonds. The average molecular weight is 280 g/mol. The molecule has 0 saturated heterocycles. The van der Waals surface area contributed by atoms with E-state index in [0.29, 0.717) is 12.2 Å². The van der Waals surface area contributed by atoms with Crippen molar-refractivity contribution in [2.45, 2.75) is 58.6 Å². The van der Waals surface area contributed by atoms with Gasteiger partial charge in [-0.3, -0.25) is 0 Å². The molecule has 0 bridgehead atoms. The van der Waals surface area contributed by atoms with Gasteiger partial charge in [-0.05, 0) is 32.4 Å². The number of carboxylic acids is 1. The molecule has 112 valence electrons. The normalized spacial score (nSPS) is 14.7. The summed E-state index contributed by atoms with van der Waals surface area (Å²) in [6.07, 6.45) is 0.159. The Hall–Kier alpha value is -1.62. The van der Waals surface area contributed by atoms with Crippen molar-refractivity contribution in [3.63, 3.8) is 0 Å². The largest absolute Gasteiger partial charge is 0.478 e. The van der Waals surface area contributed by atoms with Gasteiger partial charge in [0, 0.05) is 17.2 Å². The van der Waals surface area contributed by atoms with Gasteiger partial charge in [0.25, 0.3) is 0 Å². The Labute approximate surface area is 120 Å². The van der Waals surface area contributed by atoms with Crippen molar-refractivity contribution in [1.29, 1.82) is 0 Å². The molecule has 0 aliphatic carbocycles. The van der Waals surface area contributed by atoms with Crippen molar-refractivity contribution >= 4 is 11.8 Å². The van der Waals surface area contributed by atoms with Gasteiger partial charge >= 0.3 is 5.97 Å². The van der Waals surface area contributed by atoms with Gasteiger partial charge in [0.1, 0.15) is 5.82 Å². The molecule has 2 atom stereocenters. The molecule has 0 aliphatic heterocycles. The van der Waals surface area contributed by atoms with Crippen molar-refractivity contribution in [2.75, 3.05) is 5.32 Å². The number of hydrogen-bond donors (Lipinski definition) is 3. The Kier molecular flexibility index (Phi) is 5.11. The van der Waals surface area contributed by atoms with Gasteiger partial charge in [0.15, 0.2) is 0 Å². The molecule has 1 heterocycles. The van der Waals surface area contributed by atoms with Crippen LogP contribution in [0.1, 0.15) is 57.1 Å². The van der Waals surface area contributed by atoms with E-state index in [9.17, 15) is 15.0 Å². The molecule has 0 aromatic carbocycles. The zero-order valence-electron chi connectivity index (χ0n) is 12.8.